The van der Waals surface area contributed by atoms with Crippen LogP contribution in [0.5, 0.6) is 0 Å². The first kappa shape index (κ1) is 14.8. The Kier molecular flexibility index (Phi) is 4.35. The van der Waals surface area contributed by atoms with Crippen LogP contribution < -0.4 is 0 Å². The SMILES string of the molecule is c1ccc(CN2CCCN(Cc3noc(C4CC4)n3)CC2)nc1. The molecule has 0 unspecified atom stereocenters. The molecule has 0 aromatic carbocycles. The Bertz CT molecular complexity index is 625. The van der Waals surface area contributed by atoms with E-state index in [-0.39, 0.29) is 0 Å². The molecule has 1 saturated carbocycles. The van der Waals surface area contributed by atoms with Gasteiger partial charge in [-0.2, -0.15) is 4.98 Å². The van der Waals surface area contributed by atoms with Crippen LogP contribution in [-0.2, 0) is 13.1 Å². The van der Waals surface area contributed by atoms with Crippen molar-refractivity contribution in [3.8, 4) is 0 Å². The van der Waals surface area contributed by atoms with Crippen molar-refractivity contribution in [3.05, 3.63) is 41.8 Å². The third-order valence-corrected chi connectivity index (χ3v) is 4.57. The Labute approximate surface area is 136 Å². The number of nitrogens with zero attached hydrogens (tertiary/aromatic N) is 5. The first-order valence-electron chi connectivity index (χ1n) is 8.54. The Morgan fingerprint density at radius 2 is 1.87 bits per heavy atom. The van der Waals surface area contributed by atoms with E-state index in [1.54, 1.807) is 0 Å². The molecule has 2 aromatic rings. The van der Waals surface area contributed by atoms with Crippen LogP contribution in [0.1, 0.15) is 42.6 Å². The van der Waals surface area contributed by atoms with Gasteiger partial charge in [0, 0.05) is 31.7 Å². The highest BCUT2D eigenvalue weighted by atomic mass is 16.5. The number of pyridine rings is 1. The second kappa shape index (κ2) is 6.76. The highest BCUT2D eigenvalue weighted by molar-refractivity contribution is 5.03. The second-order valence-corrected chi connectivity index (χ2v) is 6.55. The lowest BCUT2D eigenvalue weighted by atomic mass is 10.3. The van der Waals surface area contributed by atoms with Gasteiger partial charge in [0.15, 0.2) is 5.82 Å². The summed E-state index contributed by atoms with van der Waals surface area (Å²) in [5.74, 6) is 2.21. The highest BCUT2D eigenvalue weighted by Gasteiger charge is 2.29. The Morgan fingerprint density at radius 1 is 1.04 bits per heavy atom. The average molecular weight is 313 g/mol. The molecule has 6 heteroatoms. The molecule has 0 N–H and O–H groups in total. The van der Waals surface area contributed by atoms with Crippen LogP contribution in [0, 0.1) is 0 Å². The van der Waals surface area contributed by atoms with Crippen molar-refractivity contribution in [2.24, 2.45) is 0 Å². The molecule has 0 bridgehead atoms. The van der Waals surface area contributed by atoms with E-state index in [1.807, 2.05) is 12.3 Å². The smallest absolute Gasteiger partial charge is 0.229 e. The summed E-state index contributed by atoms with van der Waals surface area (Å²) in [6.07, 6.45) is 5.44. The van der Waals surface area contributed by atoms with Crippen molar-refractivity contribution < 1.29 is 4.52 Å². The van der Waals surface area contributed by atoms with E-state index in [2.05, 4.69) is 37.1 Å². The van der Waals surface area contributed by atoms with Gasteiger partial charge in [-0.25, -0.2) is 0 Å². The minimum atomic E-state index is 0.536. The lowest BCUT2D eigenvalue weighted by Crippen LogP contribution is -2.30. The Hall–Kier alpha value is -1.79. The van der Waals surface area contributed by atoms with E-state index in [9.17, 15) is 0 Å². The molecule has 122 valence electrons. The van der Waals surface area contributed by atoms with Crippen molar-refractivity contribution in [1.82, 2.24) is 24.9 Å². The molecule has 0 amide bonds. The first-order valence-corrected chi connectivity index (χ1v) is 8.54. The summed E-state index contributed by atoms with van der Waals surface area (Å²) >= 11 is 0. The summed E-state index contributed by atoms with van der Waals surface area (Å²) < 4.78 is 5.36. The fraction of sp³-hybridized carbons (Fsp3) is 0.588. The summed E-state index contributed by atoms with van der Waals surface area (Å²) in [6, 6.07) is 6.12. The predicted molar refractivity (Wildman–Crippen MR) is 85.7 cm³/mol. The molecular weight excluding hydrogens is 290 g/mol. The van der Waals surface area contributed by atoms with Gasteiger partial charge < -0.3 is 4.52 Å². The standard InChI is InChI=1S/C17H23N5O/c1-2-7-18-15(4-1)12-21-8-3-9-22(11-10-21)13-16-19-17(23-20-16)14-5-6-14/h1-2,4,7,14H,3,5-6,8-13H2. The molecule has 0 spiro atoms. The van der Waals surface area contributed by atoms with Gasteiger partial charge in [0.1, 0.15) is 0 Å². The maximum Gasteiger partial charge on any atom is 0.229 e. The zero-order valence-corrected chi connectivity index (χ0v) is 13.4. The molecule has 2 fully saturated rings. The predicted octanol–water partition coefficient (Wildman–Crippen LogP) is 2.05. The molecule has 1 aliphatic heterocycles. The van der Waals surface area contributed by atoms with E-state index in [4.69, 9.17) is 4.52 Å². The van der Waals surface area contributed by atoms with Gasteiger partial charge in [0.2, 0.25) is 5.89 Å². The normalized spacial score (nSPS) is 20.5. The maximum atomic E-state index is 5.36. The van der Waals surface area contributed by atoms with Gasteiger partial charge in [-0.05, 0) is 44.5 Å². The molecular formula is C17H23N5O. The van der Waals surface area contributed by atoms with Gasteiger partial charge in [-0.3, -0.25) is 14.8 Å². The Balaban J connectivity index is 1.30. The van der Waals surface area contributed by atoms with Crippen molar-refractivity contribution >= 4 is 0 Å². The molecule has 0 radical (unpaired) electrons. The average Bonchev–Trinajstić information content (AvgIpc) is 3.35. The van der Waals surface area contributed by atoms with Crippen LogP contribution in [0.15, 0.2) is 28.9 Å². The van der Waals surface area contributed by atoms with Gasteiger partial charge in [-0.1, -0.05) is 11.2 Å². The topological polar surface area (TPSA) is 58.3 Å². The minimum Gasteiger partial charge on any atom is -0.339 e. The molecule has 1 aliphatic carbocycles. The van der Waals surface area contributed by atoms with Gasteiger partial charge >= 0.3 is 0 Å². The van der Waals surface area contributed by atoms with Crippen LogP contribution in [0.25, 0.3) is 0 Å². The minimum absolute atomic E-state index is 0.536. The summed E-state index contributed by atoms with van der Waals surface area (Å²) in [5.41, 5.74) is 1.15. The molecule has 4 rings (SSSR count). The Morgan fingerprint density at radius 3 is 2.61 bits per heavy atom. The lowest BCUT2D eigenvalue weighted by Gasteiger charge is -2.20. The molecule has 1 saturated heterocycles. The molecule has 0 atom stereocenters. The number of hydrogen-bond acceptors (Lipinski definition) is 6. The number of hydrogen-bond donors (Lipinski definition) is 0. The van der Waals surface area contributed by atoms with E-state index in [1.165, 1.54) is 19.3 Å². The summed E-state index contributed by atoms with van der Waals surface area (Å²) in [6.45, 7) is 6.04. The summed E-state index contributed by atoms with van der Waals surface area (Å²) in [5, 5.41) is 4.14. The summed E-state index contributed by atoms with van der Waals surface area (Å²) in [4.78, 5) is 13.9. The van der Waals surface area contributed by atoms with Crippen molar-refractivity contribution in [2.45, 2.75) is 38.3 Å². The fourth-order valence-electron chi connectivity index (χ4n) is 3.09. The zero-order valence-electron chi connectivity index (χ0n) is 13.4. The van der Waals surface area contributed by atoms with E-state index in [0.717, 1.165) is 56.7 Å². The highest BCUT2D eigenvalue weighted by Crippen LogP contribution is 2.38. The zero-order chi connectivity index (χ0) is 15.5. The van der Waals surface area contributed by atoms with Crippen LogP contribution in [0.3, 0.4) is 0 Å². The lowest BCUT2D eigenvalue weighted by molar-refractivity contribution is 0.240. The van der Waals surface area contributed by atoms with Crippen LogP contribution in [-0.4, -0.2) is 51.1 Å². The third kappa shape index (κ3) is 3.95. The third-order valence-electron chi connectivity index (χ3n) is 4.57. The number of rotatable bonds is 5. The van der Waals surface area contributed by atoms with E-state index >= 15 is 0 Å². The van der Waals surface area contributed by atoms with Gasteiger partial charge in [0.25, 0.3) is 0 Å². The van der Waals surface area contributed by atoms with Crippen molar-refractivity contribution in [2.75, 3.05) is 26.2 Å². The fourth-order valence-corrected chi connectivity index (χ4v) is 3.09. The molecule has 6 nitrogen and oxygen atoms in total. The molecule has 23 heavy (non-hydrogen) atoms. The monoisotopic (exact) mass is 313 g/mol. The molecule has 3 heterocycles. The van der Waals surface area contributed by atoms with E-state index in [0.29, 0.717) is 5.92 Å². The van der Waals surface area contributed by atoms with Crippen LogP contribution in [0.2, 0.25) is 0 Å². The second-order valence-electron chi connectivity index (χ2n) is 6.55. The van der Waals surface area contributed by atoms with Crippen molar-refractivity contribution in [1.29, 1.82) is 0 Å². The van der Waals surface area contributed by atoms with Crippen LogP contribution >= 0.6 is 0 Å². The molecule has 2 aliphatic rings. The first-order chi connectivity index (χ1) is 11.4. The van der Waals surface area contributed by atoms with Crippen molar-refractivity contribution in [3.63, 3.8) is 0 Å². The maximum absolute atomic E-state index is 5.36. The van der Waals surface area contributed by atoms with Crippen LogP contribution in [0.4, 0.5) is 0 Å². The number of aromatic nitrogens is 3. The summed E-state index contributed by atoms with van der Waals surface area (Å²) in [7, 11) is 0. The quantitative estimate of drug-likeness (QED) is 0.842. The van der Waals surface area contributed by atoms with E-state index < -0.39 is 0 Å². The van der Waals surface area contributed by atoms with Gasteiger partial charge in [0.05, 0.1) is 12.2 Å². The van der Waals surface area contributed by atoms with Gasteiger partial charge in [-0.15, -0.1) is 0 Å². The molecule has 2 aromatic heterocycles. The largest absolute Gasteiger partial charge is 0.339 e.